The van der Waals surface area contributed by atoms with Gasteiger partial charge in [0.2, 0.25) is 0 Å². The van der Waals surface area contributed by atoms with E-state index in [-0.39, 0.29) is 0 Å². The normalized spacial score (nSPS) is 66.0. The van der Waals surface area contributed by atoms with E-state index < -0.39 is 0 Å². The van der Waals surface area contributed by atoms with Gasteiger partial charge in [0.25, 0.3) is 0 Å². The predicted molar refractivity (Wildman–Crippen MR) is 32.4 cm³/mol. The van der Waals surface area contributed by atoms with Crippen molar-refractivity contribution < 1.29 is 0 Å². The minimum absolute atomic E-state index is 1.22. The quantitative estimate of drug-likeness (QED) is 0.445. The Morgan fingerprint density at radius 1 is 0.500 bits per heavy atom. The first-order chi connectivity index (χ1) is 3.93. The van der Waals surface area contributed by atoms with Crippen LogP contribution in [0.25, 0.3) is 0 Å². The van der Waals surface area contributed by atoms with E-state index in [1.54, 1.807) is 25.7 Å². The topological polar surface area (TPSA) is 0 Å². The average Bonchev–Trinajstić information content (AvgIpc) is 2.45. The van der Waals surface area contributed by atoms with Gasteiger partial charge in [-0.2, -0.15) is 0 Å². The summed E-state index contributed by atoms with van der Waals surface area (Å²) in [5.41, 5.74) is 0. The van der Waals surface area contributed by atoms with Crippen molar-refractivity contribution in [1.29, 1.82) is 0 Å². The predicted octanol–water partition coefficient (Wildman–Crippen LogP) is 2.05. The van der Waals surface area contributed by atoms with Gasteiger partial charge >= 0.3 is 0 Å². The third kappa shape index (κ3) is 0.375. The summed E-state index contributed by atoms with van der Waals surface area (Å²) < 4.78 is 0. The van der Waals surface area contributed by atoms with Gasteiger partial charge in [-0.3, -0.25) is 0 Å². The molecule has 0 aliphatic heterocycles. The fraction of sp³-hybridized carbons (Fsp3) is 1.00. The summed E-state index contributed by atoms with van der Waals surface area (Å²) in [6.07, 6.45) is 6.45. The molecule has 3 saturated carbocycles. The van der Waals surface area contributed by atoms with Crippen LogP contribution in [0.5, 0.6) is 0 Å². The minimum atomic E-state index is 1.22. The highest BCUT2D eigenvalue weighted by molar-refractivity contribution is 5.03. The van der Waals surface area contributed by atoms with Crippen LogP contribution in [0.2, 0.25) is 0 Å². The molecule has 0 amide bonds. The first-order valence-electron chi connectivity index (χ1n) is 3.93. The van der Waals surface area contributed by atoms with Crippen molar-refractivity contribution >= 4 is 0 Å². The molecule has 3 fully saturated rings. The van der Waals surface area contributed by atoms with Crippen LogP contribution in [0.15, 0.2) is 0 Å². The molecular weight excluding hydrogens is 96.1 g/mol. The maximum absolute atomic E-state index is 1.62. The molecule has 0 atom stereocenters. The summed E-state index contributed by atoms with van der Waals surface area (Å²) in [5.74, 6) is 4.88. The van der Waals surface area contributed by atoms with Gasteiger partial charge < -0.3 is 0 Å². The first-order valence-corrected chi connectivity index (χ1v) is 3.93. The lowest BCUT2D eigenvalue weighted by Crippen LogP contribution is -1.95. The zero-order valence-corrected chi connectivity index (χ0v) is 5.14. The van der Waals surface area contributed by atoms with Crippen molar-refractivity contribution in [2.24, 2.45) is 23.7 Å². The van der Waals surface area contributed by atoms with E-state index >= 15 is 0 Å². The monoisotopic (exact) mass is 108 g/mol. The summed E-state index contributed by atoms with van der Waals surface area (Å²) >= 11 is 0. The third-order valence-electron chi connectivity index (χ3n) is 3.35. The molecule has 3 rings (SSSR count). The number of hydrogen-bond donors (Lipinski definition) is 0. The molecule has 44 valence electrons. The van der Waals surface area contributed by atoms with Gasteiger partial charge in [0, 0.05) is 0 Å². The zero-order chi connectivity index (χ0) is 5.14. The Bertz CT molecular complexity index is 100. The summed E-state index contributed by atoms with van der Waals surface area (Å²) in [5, 5.41) is 0. The van der Waals surface area contributed by atoms with E-state index in [0.717, 1.165) is 0 Å². The zero-order valence-electron chi connectivity index (χ0n) is 5.14. The molecule has 0 bridgehead atoms. The van der Waals surface area contributed by atoms with E-state index in [4.69, 9.17) is 0 Å². The SMILES string of the molecule is C1[C@H]2C[C@@H]2C[C@H]2C[C@H]12. The van der Waals surface area contributed by atoms with Gasteiger partial charge in [0.05, 0.1) is 0 Å². The van der Waals surface area contributed by atoms with Crippen LogP contribution < -0.4 is 0 Å². The molecular formula is C8H12. The lowest BCUT2D eigenvalue weighted by molar-refractivity contribution is 0.457. The molecule has 0 spiro atoms. The third-order valence-corrected chi connectivity index (χ3v) is 3.35. The maximum Gasteiger partial charge on any atom is -0.0380 e. The summed E-state index contributed by atoms with van der Waals surface area (Å²) in [6.45, 7) is 0. The van der Waals surface area contributed by atoms with Crippen molar-refractivity contribution in [3.8, 4) is 0 Å². The van der Waals surface area contributed by atoms with Crippen LogP contribution in [0.1, 0.15) is 25.7 Å². The molecule has 0 aromatic rings. The van der Waals surface area contributed by atoms with Gasteiger partial charge in [0.1, 0.15) is 0 Å². The molecule has 0 saturated heterocycles. The second-order valence-corrected chi connectivity index (χ2v) is 3.98. The van der Waals surface area contributed by atoms with Crippen molar-refractivity contribution in [3.63, 3.8) is 0 Å². The largest absolute Gasteiger partial charge is 0.0470 e. The molecule has 0 aromatic heterocycles. The van der Waals surface area contributed by atoms with Crippen LogP contribution in [0.4, 0.5) is 0 Å². The fourth-order valence-corrected chi connectivity index (χ4v) is 2.55. The highest BCUT2D eigenvalue weighted by Gasteiger charge is 2.52. The summed E-state index contributed by atoms with van der Waals surface area (Å²) in [6, 6.07) is 0. The van der Waals surface area contributed by atoms with E-state index in [1.165, 1.54) is 23.7 Å². The van der Waals surface area contributed by atoms with Crippen molar-refractivity contribution in [2.45, 2.75) is 25.7 Å². The van der Waals surface area contributed by atoms with Gasteiger partial charge in [0.15, 0.2) is 0 Å². The molecule has 0 heteroatoms. The highest BCUT2D eigenvalue weighted by Crippen LogP contribution is 2.62. The fourth-order valence-electron chi connectivity index (χ4n) is 2.55. The Hall–Kier alpha value is 0. The molecule has 0 N–H and O–H groups in total. The average molecular weight is 108 g/mol. The van der Waals surface area contributed by atoms with Crippen molar-refractivity contribution in [3.05, 3.63) is 0 Å². The van der Waals surface area contributed by atoms with Crippen molar-refractivity contribution in [2.75, 3.05) is 0 Å². The molecule has 8 heavy (non-hydrogen) atoms. The van der Waals surface area contributed by atoms with Crippen LogP contribution in [-0.4, -0.2) is 0 Å². The number of rotatable bonds is 0. The summed E-state index contributed by atoms with van der Waals surface area (Å²) in [4.78, 5) is 0. The van der Waals surface area contributed by atoms with Crippen LogP contribution >= 0.6 is 0 Å². The van der Waals surface area contributed by atoms with E-state index in [1.807, 2.05) is 0 Å². The van der Waals surface area contributed by atoms with E-state index in [2.05, 4.69) is 0 Å². The van der Waals surface area contributed by atoms with Crippen LogP contribution in [-0.2, 0) is 0 Å². The van der Waals surface area contributed by atoms with Gasteiger partial charge in [-0.25, -0.2) is 0 Å². The van der Waals surface area contributed by atoms with Crippen LogP contribution in [0, 0.1) is 23.7 Å². The van der Waals surface area contributed by atoms with Gasteiger partial charge in [-0.15, -0.1) is 0 Å². The Kier molecular flexibility index (Phi) is 0.482. The Labute approximate surface area is 50.3 Å². The Balaban J connectivity index is 1.85. The van der Waals surface area contributed by atoms with Crippen LogP contribution in [0.3, 0.4) is 0 Å². The Morgan fingerprint density at radius 3 is 1.00 bits per heavy atom. The van der Waals surface area contributed by atoms with Gasteiger partial charge in [-0.1, -0.05) is 0 Å². The molecule has 3 aliphatic rings. The molecule has 0 heterocycles. The van der Waals surface area contributed by atoms with E-state index in [0.29, 0.717) is 0 Å². The smallest absolute Gasteiger partial charge is 0.0380 e. The molecule has 0 aromatic carbocycles. The molecule has 0 radical (unpaired) electrons. The number of hydrogen-bond acceptors (Lipinski definition) is 0. The molecule has 0 nitrogen and oxygen atoms in total. The molecule has 0 unspecified atom stereocenters. The van der Waals surface area contributed by atoms with Crippen molar-refractivity contribution in [1.82, 2.24) is 0 Å². The second kappa shape index (κ2) is 0.984. The Morgan fingerprint density at radius 2 is 0.750 bits per heavy atom. The molecule has 3 aliphatic carbocycles. The standard InChI is InChI=1S/C8H12/c1-5-3-7-2-8(7)4-6(1)5/h5-8H,1-4H2/t5-,6-,7-,8-/m1/s1. The summed E-state index contributed by atoms with van der Waals surface area (Å²) in [7, 11) is 0. The highest BCUT2D eigenvalue weighted by atomic mass is 14.6. The minimum Gasteiger partial charge on any atom is -0.0470 e. The maximum atomic E-state index is 1.62. The van der Waals surface area contributed by atoms with Gasteiger partial charge in [-0.05, 0) is 49.4 Å². The first kappa shape index (κ1) is 3.92. The lowest BCUT2D eigenvalue weighted by Gasteiger charge is -2.04. The second-order valence-electron chi connectivity index (χ2n) is 3.98. The lowest BCUT2D eigenvalue weighted by atomic mass is 10.0. The van der Waals surface area contributed by atoms with E-state index in [9.17, 15) is 0 Å². The number of fused-ring (bicyclic) bond motifs is 2.